The number of hydrogen-bond donors (Lipinski definition) is 0. The summed E-state index contributed by atoms with van der Waals surface area (Å²) in [7, 11) is 0. The number of hydrogen-bond acceptors (Lipinski definition) is 1. The molecule has 1 heteroatoms. The molecular formula is C13H20O. The van der Waals surface area contributed by atoms with Crippen LogP contribution in [-0.2, 0) is 4.79 Å². The first-order chi connectivity index (χ1) is 6.49. The van der Waals surface area contributed by atoms with Gasteiger partial charge in [-0.25, -0.2) is 0 Å². The van der Waals surface area contributed by atoms with E-state index in [1.807, 2.05) is 6.08 Å². The average molecular weight is 192 g/mol. The van der Waals surface area contributed by atoms with Gasteiger partial charge in [-0.05, 0) is 42.6 Å². The van der Waals surface area contributed by atoms with Gasteiger partial charge in [0.25, 0.3) is 0 Å². The zero-order valence-electron chi connectivity index (χ0n) is 9.47. The molecule has 0 aliphatic heterocycles. The fraction of sp³-hybridized carbons (Fsp3) is 0.769. The van der Waals surface area contributed by atoms with Crippen LogP contribution in [0.2, 0.25) is 0 Å². The van der Waals surface area contributed by atoms with E-state index in [1.165, 1.54) is 18.4 Å². The summed E-state index contributed by atoms with van der Waals surface area (Å²) in [6.45, 7) is 6.79. The molecular weight excluding hydrogens is 172 g/mol. The van der Waals surface area contributed by atoms with Gasteiger partial charge in [-0.2, -0.15) is 0 Å². The lowest BCUT2D eigenvalue weighted by Crippen LogP contribution is -2.35. The van der Waals surface area contributed by atoms with E-state index in [2.05, 4.69) is 20.8 Å². The Morgan fingerprint density at radius 2 is 2.07 bits per heavy atom. The fourth-order valence-electron chi connectivity index (χ4n) is 3.17. The maximum atomic E-state index is 11.6. The summed E-state index contributed by atoms with van der Waals surface area (Å²) < 4.78 is 0. The van der Waals surface area contributed by atoms with Gasteiger partial charge in [0.2, 0.25) is 0 Å². The third-order valence-corrected chi connectivity index (χ3v) is 3.90. The first kappa shape index (κ1) is 9.95. The minimum absolute atomic E-state index is 0.210. The van der Waals surface area contributed by atoms with Gasteiger partial charge >= 0.3 is 0 Å². The summed E-state index contributed by atoms with van der Waals surface area (Å²) in [5, 5.41) is 0. The molecule has 0 amide bonds. The Kier molecular flexibility index (Phi) is 2.29. The molecule has 2 aliphatic carbocycles. The standard InChI is InChI=1S/C13H20O/c1-9-4-5-12-10(6-9)7-11(14)8-13(12,2)3/h7,9,12H,4-6,8H2,1-3H3/t9-,12+/m1/s1. The molecule has 0 aromatic carbocycles. The topological polar surface area (TPSA) is 17.1 Å². The molecule has 2 rings (SSSR count). The predicted octanol–water partition coefficient (Wildman–Crippen LogP) is 3.35. The van der Waals surface area contributed by atoms with E-state index in [4.69, 9.17) is 0 Å². The second kappa shape index (κ2) is 3.22. The maximum Gasteiger partial charge on any atom is 0.156 e. The quantitative estimate of drug-likeness (QED) is 0.575. The van der Waals surface area contributed by atoms with Gasteiger partial charge in [0.15, 0.2) is 5.78 Å². The Morgan fingerprint density at radius 3 is 2.79 bits per heavy atom. The third kappa shape index (κ3) is 1.65. The van der Waals surface area contributed by atoms with Crippen LogP contribution < -0.4 is 0 Å². The van der Waals surface area contributed by atoms with Crippen molar-refractivity contribution in [3.63, 3.8) is 0 Å². The lowest BCUT2D eigenvalue weighted by atomic mass is 9.62. The largest absolute Gasteiger partial charge is 0.295 e. The highest BCUT2D eigenvalue weighted by atomic mass is 16.1. The first-order valence-electron chi connectivity index (χ1n) is 5.72. The summed E-state index contributed by atoms with van der Waals surface area (Å²) in [4.78, 5) is 11.6. The summed E-state index contributed by atoms with van der Waals surface area (Å²) in [6.07, 6.45) is 6.45. The van der Waals surface area contributed by atoms with E-state index >= 15 is 0 Å². The van der Waals surface area contributed by atoms with Crippen molar-refractivity contribution < 1.29 is 4.79 Å². The van der Waals surface area contributed by atoms with Crippen molar-refractivity contribution in [2.45, 2.75) is 46.5 Å². The highest BCUT2D eigenvalue weighted by molar-refractivity contribution is 5.92. The van der Waals surface area contributed by atoms with Crippen LogP contribution in [0.15, 0.2) is 11.6 Å². The van der Waals surface area contributed by atoms with Crippen molar-refractivity contribution in [1.29, 1.82) is 0 Å². The van der Waals surface area contributed by atoms with E-state index in [1.54, 1.807) is 0 Å². The van der Waals surface area contributed by atoms with Crippen LogP contribution in [0.3, 0.4) is 0 Å². The van der Waals surface area contributed by atoms with E-state index in [9.17, 15) is 4.79 Å². The molecule has 0 aromatic rings. The van der Waals surface area contributed by atoms with Crippen LogP contribution >= 0.6 is 0 Å². The maximum absolute atomic E-state index is 11.6. The first-order valence-corrected chi connectivity index (χ1v) is 5.72. The molecule has 1 saturated carbocycles. The van der Waals surface area contributed by atoms with Gasteiger partial charge in [-0.1, -0.05) is 26.3 Å². The molecule has 0 unspecified atom stereocenters. The predicted molar refractivity (Wildman–Crippen MR) is 58.0 cm³/mol. The fourth-order valence-corrected chi connectivity index (χ4v) is 3.17. The van der Waals surface area contributed by atoms with Crippen molar-refractivity contribution in [3.05, 3.63) is 11.6 Å². The average Bonchev–Trinajstić information content (AvgIpc) is 2.00. The van der Waals surface area contributed by atoms with Gasteiger partial charge in [0.05, 0.1) is 0 Å². The van der Waals surface area contributed by atoms with Crippen molar-refractivity contribution in [2.24, 2.45) is 17.3 Å². The second-order valence-electron chi connectivity index (χ2n) is 5.79. The van der Waals surface area contributed by atoms with E-state index < -0.39 is 0 Å². The Labute approximate surface area is 86.6 Å². The molecule has 78 valence electrons. The van der Waals surface area contributed by atoms with Crippen molar-refractivity contribution in [2.75, 3.05) is 0 Å². The van der Waals surface area contributed by atoms with Crippen LogP contribution in [0.5, 0.6) is 0 Å². The van der Waals surface area contributed by atoms with Gasteiger partial charge in [0.1, 0.15) is 0 Å². The molecule has 2 atom stereocenters. The van der Waals surface area contributed by atoms with Gasteiger partial charge in [-0.15, -0.1) is 0 Å². The minimum Gasteiger partial charge on any atom is -0.295 e. The van der Waals surface area contributed by atoms with E-state index in [0.29, 0.717) is 11.7 Å². The minimum atomic E-state index is 0.210. The van der Waals surface area contributed by atoms with Crippen LogP contribution in [0.1, 0.15) is 46.5 Å². The summed E-state index contributed by atoms with van der Waals surface area (Å²) >= 11 is 0. The van der Waals surface area contributed by atoms with Crippen molar-refractivity contribution in [3.8, 4) is 0 Å². The number of carbonyl (C=O) groups excluding carboxylic acids is 1. The Hall–Kier alpha value is -0.590. The Morgan fingerprint density at radius 1 is 1.36 bits per heavy atom. The van der Waals surface area contributed by atoms with Gasteiger partial charge < -0.3 is 0 Å². The molecule has 0 saturated heterocycles. The summed E-state index contributed by atoms with van der Waals surface area (Å²) in [5.41, 5.74) is 1.64. The summed E-state index contributed by atoms with van der Waals surface area (Å²) in [5.74, 6) is 1.80. The van der Waals surface area contributed by atoms with E-state index in [0.717, 1.165) is 18.8 Å². The van der Waals surface area contributed by atoms with E-state index in [-0.39, 0.29) is 5.41 Å². The Bertz CT molecular complexity index is 286. The number of rotatable bonds is 0. The number of carbonyl (C=O) groups is 1. The monoisotopic (exact) mass is 192 g/mol. The van der Waals surface area contributed by atoms with Crippen LogP contribution in [0.25, 0.3) is 0 Å². The van der Waals surface area contributed by atoms with Gasteiger partial charge in [0, 0.05) is 6.42 Å². The van der Waals surface area contributed by atoms with Crippen LogP contribution in [0.4, 0.5) is 0 Å². The summed E-state index contributed by atoms with van der Waals surface area (Å²) in [6, 6.07) is 0. The van der Waals surface area contributed by atoms with Crippen molar-refractivity contribution in [1.82, 2.24) is 0 Å². The lowest BCUT2D eigenvalue weighted by molar-refractivity contribution is -0.118. The molecule has 0 aromatic heterocycles. The lowest BCUT2D eigenvalue weighted by Gasteiger charge is -2.42. The third-order valence-electron chi connectivity index (χ3n) is 3.90. The molecule has 0 N–H and O–H groups in total. The second-order valence-corrected chi connectivity index (χ2v) is 5.79. The Balaban J connectivity index is 2.29. The molecule has 0 heterocycles. The smallest absolute Gasteiger partial charge is 0.156 e. The van der Waals surface area contributed by atoms with Crippen LogP contribution in [0, 0.1) is 17.3 Å². The SMILES string of the molecule is C[C@@H]1CC[C@H]2C(=CC(=O)CC2(C)C)C1. The highest BCUT2D eigenvalue weighted by Gasteiger charge is 2.39. The highest BCUT2D eigenvalue weighted by Crippen LogP contribution is 2.47. The zero-order chi connectivity index (χ0) is 10.3. The number of allylic oxidation sites excluding steroid dienone is 2. The number of fused-ring (bicyclic) bond motifs is 1. The van der Waals surface area contributed by atoms with Crippen LogP contribution in [-0.4, -0.2) is 5.78 Å². The molecule has 0 spiro atoms. The molecule has 2 aliphatic rings. The van der Waals surface area contributed by atoms with Gasteiger partial charge in [-0.3, -0.25) is 4.79 Å². The molecule has 1 fully saturated rings. The molecule has 0 bridgehead atoms. The van der Waals surface area contributed by atoms with Crippen molar-refractivity contribution >= 4 is 5.78 Å². The normalized spacial score (nSPS) is 36.2. The molecule has 14 heavy (non-hydrogen) atoms. The number of ketones is 1. The zero-order valence-corrected chi connectivity index (χ0v) is 9.47. The molecule has 1 nitrogen and oxygen atoms in total. The molecule has 0 radical (unpaired) electrons.